The Morgan fingerprint density at radius 1 is 1.13 bits per heavy atom. The van der Waals surface area contributed by atoms with Crippen LogP contribution in [0.1, 0.15) is 40.5 Å². The molecule has 88 valence electrons. The van der Waals surface area contributed by atoms with E-state index in [0.717, 1.165) is 6.42 Å². The second kappa shape index (κ2) is 6.43. The molecule has 15 heavy (non-hydrogen) atoms. The fourth-order valence-corrected chi connectivity index (χ4v) is 0.779. The molecular formula is C11H20O4. The fourth-order valence-electron chi connectivity index (χ4n) is 0.779. The first-order chi connectivity index (χ1) is 6.90. The Hall–Kier alpha value is -1.06. The average Bonchev–Trinajstić information content (AvgIpc) is 2.16. The van der Waals surface area contributed by atoms with Crippen LogP contribution < -0.4 is 0 Å². The van der Waals surface area contributed by atoms with Gasteiger partial charge in [-0.1, -0.05) is 6.92 Å². The summed E-state index contributed by atoms with van der Waals surface area (Å²) >= 11 is 0. The molecule has 0 N–H and O–H groups in total. The molecule has 0 heterocycles. The minimum Gasteiger partial charge on any atom is -0.466 e. The van der Waals surface area contributed by atoms with E-state index in [4.69, 9.17) is 9.47 Å². The van der Waals surface area contributed by atoms with Crippen LogP contribution in [-0.2, 0) is 19.1 Å². The van der Waals surface area contributed by atoms with Gasteiger partial charge in [0.2, 0.25) is 0 Å². The van der Waals surface area contributed by atoms with Gasteiger partial charge in [0, 0.05) is 13.3 Å². The third kappa shape index (κ3) is 6.10. The SMILES string of the molecule is CCC(C)(C)C(=O)OCCCOC(C)=O. The Balaban J connectivity index is 3.60. The summed E-state index contributed by atoms with van der Waals surface area (Å²) in [5.74, 6) is -0.511. The smallest absolute Gasteiger partial charge is 0.311 e. The highest BCUT2D eigenvalue weighted by Gasteiger charge is 2.26. The van der Waals surface area contributed by atoms with Crippen LogP contribution in [0.4, 0.5) is 0 Å². The molecule has 0 spiro atoms. The van der Waals surface area contributed by atoms with E-state index in [1.54, 1.807) is 0 Å². The van der Waals surface area contributed by atoms with Gasteiger partial charge in [-0.05, 0) is 20.3 Å². The van der Waals surface area contributed by atoms with Gasteiger partial charge >= 0.3 is 11.9 Å². The molecular weight excluding hydrogens is 196 g/mol. The molecule has 0 saturated heterocycles. The van der Waals surface area contributed by atoms with Crippen molar-refractivity contribution in [2.24, 2.45) is 5.41 Å². The molecule has 0 bridgehead atoms. The molecule has 0 aromatic rings. The number of hydrogen-bond donors (Lipinski definition) is 0. The zero-order chi connectivity index (χ0) is 11.9. The topological polar surface area (TPSA) is 52.6 Å². The number of rotatable bonds is 6. The maximum atomic E-state index is 11.5. The number of esters is 2. The van der Waals surface area contributed by atoms with Crippen molar-refractivity contribution in [1.82, 2.24) is 0 Å². The lowest BCUT2D eigenvalue weighted by Crippen LogP contribution is -2.26. The monoisotopic (exact) mass is 216 g/mol. The van der Waals surface area contributed by atoms with Crippen LogP contribution in [0.25, 0.3) is 0 Å². The van der Waals surface area contributed by atoms with Crippen molar-refractivity contribution in [3.63, 3.8) is 0 Å². The summed E-state index contributed by atoms with van der Waals surface area (Å²) in [6, 6.07) is 0. The van der Waals surface area contributed by atoms with Crippen LogP contribution in [0.5, 0.6) is 0 Å². The number of carbonyl (C=O) groups is 2. The molecule has 0 aromatic carbocycles. The average molecular weight is 216 g/mol. The molecule has 0 amide bonds. The van der Waals surface area contributed by atoms with E-state index in [2.05, 4.69) is 0 Å². The number of hydrogen-bond acceptors (Lipinski definition) is 4. The molecule has 0 aliphatic carbocycles. The first-order valence-electron chi connectivity index (χ1n) is 5.20. The molecule has 4 heteroatoms. The van der Waals surface area contributed by atoms with Gasteiger partial charge in [0.1, 0.15) is 0 Å². The largest absolute Gasteiger partial charge is 0.466 e. The van der Waals surface area contributed by atoms with E-state index >= 15 is 0 Å². The summed E-state index contributed by atoms with van der Waals surface area (Å²) in [5.41, 5.74) is -0.429. The van der Waals surface area contributed by atoms with Crippen molar-refractivity contribution in [1.29, 1.82) is 0 Å². The Bertz CT molecular complexity index is 221. The van der Waals surface area contributed by atoms with Crippen LogP contribution in [0.2, 0.25) is 0 Å². The lowest BCUT2D eigenvalue weighted by molar-refractivity contribution is -0.154. The molecule has 0 aliphatic heterocycles. The van der Waals surface area contributed by atoms with Gasteiger partial charge in [-0.2, -0.15) is 0 Å². The van der Waals surface area contributed by atoms with Gasteiger partial charge in [-0.3, -0.25) is 9.59 Å². The van der Waals surface area contributed by atoms with Crippen molar-refractivity contribution in [3.05, 3.63) is 0 Å². The maximum absolute atomic E-state index is 11.5. The molecule has 0 radical (unpaired) electrons. The maximum Gasteiger partial charge on any atom is 0.311 e. The van der Waals surface area contributed by atoms with Crippen molar-refractivity contribution in [2.45, 2.75) is 40.5 Å². The third-order valence-electron chi connectivity index (χ3n) is 2.26. The zero-order valence-corrected chi connectivity index (χ0v) is 9.96. The summed E-state index contributed by atoms with van der Waals surface area (Å²) in [5, 5.41) is 0. The molecule has 0 atom stereocenters. The van der Waals surface area contributed by atoms with Crippen molar-refractivity contribution in [2.75, 3.05) is 13.2 Å². The standard InChI is InChI=1S/C11H20O4/c1-5-11(3,4)10(13)15-8-6-7-14-9(2)12/h5-8H2,1-4H3. The Kier molecular flexibility index (Phi) is 5.97. The number of carbonyl (C=O) groups excluding carboxylic acids is 2. The highest BCUT2D eigenvalue weighted by molar-refractivity contribution is 5.75. The summed E-state index contributed by atoms with van der Waals surface area (Å²) in [6.45, 7) is 7.60. The summed E-state index contributed by atoms with van der Waals surface area (Å²) < 4.78 is 9.75. The highest BCUT2D eigenvalue weighted by Crippen LogP contribution is 2.21. The van der Waals surface area contributed by atoms with Crippen LogP contribution in [0, 0.1) is 5.41 Å². The normalized spacial score (nSPS) is 10.9. The van der Waals surface area contributed by atoms with Gasteiger partial charge in [0.15, 0.2) is 0 Å². The highest BCUT2D eigenvalue weighted by atomic mass is 16.5. The van der Waals surface area contributed by atoms with Crippen molar-refractivity contribution >= 4 is 11.9 Å². The first kappa shape index (κ1) is 13.9. The van der Waals surface area contributed by atoms with Crippen molar-refractivity contribution < 1.29 is 19.1 Å². The fraction of sp³-hybridized carbons (Fsp3) is 0.818. The van der Waals surface area contributed by atoms with Crippen molar-refractivity contribution in [3.8, 4) is 0 Å². The summed E-state index contributed by atoms with van der Waals surface area (Å²) in [6.07, 6.45) is 1.29. The minimum absolute atomic E-state index is 0.201. The predicted octanol–water partition coefficient (Wildman–Crippen LogP) is 1.92. The molecule has 4 nitrogen and oxygen atoms in total. The van der Waals surface area contributed by atoms with E-state index in [-0.39, 0.29) is 11.9 Å². The molecule has 0 unspecified atom stereocenters. The summed E-state index contributed by atoms with van der Waals surface area (Å²) in [7, 11) is 0. The Morgan fingerprint density at radius 3 is 2.13 bits per heavy atom. The molecule has 0 aliphatic rings. The van der Waals surface area contributed by atoms with Gasteiger partial charge < -0.3 is 9.47 Å². The lowest BCUT2D eigenvalue weighted by atomic mass is 9.91. The first-order valence-corrected chi connectivity index (χ1v) is 5.20. The molecule has 0 saturated carbocycles. The second-order valence-corrected chi connectivity index (χ2v) is 4.07. The summed E-state index contributed by atoms with van der Waals surface area (Å²) in [4.78, 5) is 21.9. The minimum atomic E-state index is -0.429. The number of ether oxygens (including phenoxy) is 2. The van der Waals surface area contributed by atoms with Crippen LogP contribution in [-0.4, -0.2) is 25.2 Å². The van der Waals surface area contributed by atoms with E-state index < -0.39 is 5.41 Å². The second-order valence-electron chi connectivity index (χ2n) is 4.07. The van der Waals surface area contributed by atoms with E-state index in [1.807, 2.05) is 20.8 Å². The third-order valence-corrected chi connectivity index (χ3v) is 2.26. The zero-order valence-electron chi connectivity index (χ0n) is 9.96. The van der Waals surface area contributed by atoms with E-state index in [1.165, 1.54) is 6.92 Å². The molecule has 0 fully saturated rings. The predicted molar refractivity (Wildman–Crippen MR) is 56.3 cm³/mol. The van der Waals surface area contributed by atoms with Crippen LogP contribution in [0.15, 0.2) is 0 Å². The van der Waals surface area contributed by atoms with E-state index in [9.17, 15) is 9.59 Å². The van der Waals surface area contributed by atoms with Gasteiger partial charge in [-0.25, -0.2) is 0 Å². The van der Waals surface area contributed by atoms with E-state index in [0.29, 0.717) is 19.6 Å². The van der Waals surface area contributed by atoms with Crippen LogP contribution in [0.3, 0.4) is 0 Å². The quantitative estimate of drug-likeness (QED) is 0.503. The lowest BCUT2D eigenvalue weighted by Gasteiger charge is -2.20. The van der Waals surface area contributed by atoms with Crippen LogP contribution >= 0.6 is 0 Å². The van der Waals surface area contributed by atoms with Gasteiger partial charge in [0.05, 0.1) is 18.6 Å². The van der Waals surface area contributed by atoms with Gasteiger partial charge in [-0.15, -0.1) is 0 Å². The van der Waals surface area contributed by atoms with Gasteiger partial charge in [0.25, 0.3) is 0 Å². The molecule has 0 rings (SSSR count). The Morgan fingerprint density at radius 2 is 1.67 bits per heavy atom. The molecule has 0 aromatic heterocycles. The Labute approximate surface area is 90.9 Å².